The van der Waals surface area contributed by atoms with E-state index in [-0.39, 0.29) is 0 Å². The summed E-state index contributed by atoms with van der Waals surface area (Å²) < 4.78 is 0. The molecular weight excluding hydrogens is 299 g/mol. The molecule has 3 rings (SSSR count). The summed E-state index contributed by atoms with van der Waals surface area (Å²) in [6.07, 6.45) is 2.43. The number of benzene rings is 1. The van der Waals surface area contributed by atoms with Gasteiger partial charge >= 0.3 is 0 Å². The monoisotopic (exact) mass is 312 g/mol. The smallest absolute Gasteiger partial charge is 0.0976 e. The van der Waals surface area contributed by atoms with Crippen molar-refractivity contribution in [1.82, 2.24) is 10.3 Å². The fourth-order valence-corrected chi connectivity index (χ4v) is 3.72. The lowest BCUT2D eigenvalue weighted by Crippen LogP contribution is -2.28. The minimum Gasteiger partial charge on any atom is -0.316 e. The predicted molar refractivity (Wildman–Crippen MR) is 82.4 cm³/mol. The first-order chi connectivity index (χ1) is 9.25. The molecule has 1 fully saturated rings. The Hall–Kier alpha value is -0.610. The summed E-state index contributed by atoms with van der Waals surface area (Å²) >= 11 is 14.0. The molecule has 1 aliphatic rings. The summed E-state index contributed by atoms with van der Waals surface area (Å²) in [6, 6.07) is 5.67. The highest BCUT2D eigenvalue weighted by Crippen LogP contribution is 2.35. The van der Waals surface area contributed by atoms with E-state index in [0.29, 0.717) is 16.0 Å². The Labute approximate surface area is 126 Å². The van der Waals surface area contributed by atoms with Gasteiger partial charge in [0.15, 0.2) is 0 Å². The number of halogens is 2. The van der Waals surface area contributed by atoms with Crippen LogP contribution in [0.5, 0.6) is 0 Å². The van der Waals surface area contributed by atoms with Gasteiger partial charge in [0.05, 0.1) is 20.7 Å². The zero-order chi connectivity index (χ0) is 13.2. The molecule has 1 aromatic heterocycles. The first-order valence-corrected chi connectivity index (χ1v) is 8.00. The molecule has 2 aromatic rings. The second-order valence-corrected chi connectivity index (χ2v) is 6.39. The maximum absolute atomic E-state index is 6.24. The molecule has 2 nitrogen and oxygen atoms in total. The SMILES string of the molecule is Clc1cccc(-c2csc(C3CCCNC3)n2)c1Cl. The lowest BCUT2D eigenvalue weighted by atomic mass is 10.0. The second-order valence-electron chi connectivity index (χ2n) is 4.72. The van der Waals surface area contributed by atoms with Crippen LogP contribution in [0.1, 0.15) is 23.8 Å². The predicted octanol–water partition coefficient (Wildman–Crippen LogP) is 4.58. The molecule has 1 aromatic carbocycles. The van der Waals surface area contributed by atoms with E-state index in [1.807, 2.05) is 12.1 Å². The molecule has 0 spiro atoms. The van der Waals surface area contributed by atoms with Crippen LogP contribution in [-0.4, -0.2) is 18.1 Å². The molecule has 0 aliphatic carbocycles. The Morgan fingerprint density at radius 1 is 1.32 bits per heavy atom. The van der Waals surface area contributed by atoms with Gasteiger partial charge < -0.3 is 5.32 Å². The Morgan fingerprint density at radius 2 is 2.21 bits per heavy atom. The van der Waals surface area contributed by atoms with Gasteiger partial charge in [0.2, 0.25) is 0 Å². The molecule has 1 aliphatic heterocycles. The standard InChI is InChI=1S/C14H14Cl2N2S/c15-11-5-1-4-10(13(11)16)12-8-19-14(18-12)9-3-2-6-17-7-9/h1,4-5,8-9,17H,2-3,6-7H2. The zero-order valence-corrected chi connectivity index (χ0v) is 12.7. The van der Waals surface area contributed by atoms with Crippen molar-refractivity contribution in [2.75, 3.05) is 13.1 Å². The van der Waals surface area contributed by atoms with E-state index in [1.54, 1.807) is 17.4 Å². The number of hydrogen-bond acceptors (Lipinski definition) is 3. The first kappa shape index (κ1) is 13.4. The summed E-state index contributed by atoms with van der Waals surface area (Å²) in [5, 5.41) is 7.85. The number of hydrogen-bond donors (Lipinski definition) is 1. The summed E-state index contributed by atoms with van der Waals surface area (Å²) in [4.78, 5) is 4.74. The van der Waals surface area contributed by atoms with Crippen LogP contribution in [0.15, 0.2) is 23.6 Å². The van der Waals surface area contributed by atoms with E-state index in [4.69, 9.17) is 28.2 Å². The van der Waals surface area contributed by atoms with Crippen LogP contribution < -0.4 is 5.32 Å². The highest BCUT2D eigenvalue weighted by molar-refractivity contribution is 7.10. The summed E-state index contributed by atoms with van der Waals surface area (Å²) in [5.74, 6) is 0.533. The Balaban J connectivity index is 1.90. The third-order valence-corrected chi connectivity index (χ3v) is 5.22. The molecular formula is C14H14Cl2N2S. The van der Waals surface area contributed by atoms with E-state index in [0.717, 1.165) is 24.3 Å². The van der Waals surface area contributed by atoms with E-state index in [2.05, 4.69) is 10.7 Å². The number of thiazole rings is 1. The fourth-order valence-electron chi connectivity index (χ4n) is 2.36. The number of rotatable bonds is 2. The van der Waals surface area contributed by atoms with Crippen LogP contribution in [0.2, 0.25) is 10.0 Å². The fraction of sp³-hybridized carbons (Fsp3) is 0.357. The van der Waals surface area contributed by atoms with Gasteiger partial charge in [-0.2, -0.15) is 0 Å². The maximum Gasteiger partial charge on any atom is 0.0976 e. The molecule has 0 saturated carbocycles. The van der Waals surface area contributed by atoms with Gasteiger partial charge in [-0.05, 0) is 25.5 Å². The third kappa shape index (κ3) is 2.79. The number of nitrogens with one attached hydrogen (secondary N) is 1. The number of aromatic nitrogens is 1. The summed E-state index contributed by atoms with van der Waals surface area (Å²) in [5.41, 5.74) is 1.85. The molecule has 1 unspecified atom stereocenters. The molecule has 1 saturated heterocycles. The third-order valence-electron chi connectivity index (χ3n) is 3.40. The van der Waals surface area contributed by atoms with Gasteiger partial charge in [-0.15, -0.1) is 11.3 Å². The Morgan fingerprint density at radius 3 is 3.00 bits per heavy atom. The molecule has 1 N–H and O–H groups in total. The van der Waals surface area contributed by atoms with E-state index in [9.17, 15) is 0 Å². The molecule has 5 heteroatoms. The Bertz CT molecular complexity index is 577. The normalized spacial score (nSPS) is 19.6. The van der Waals surface area contributed by atoms with Crippen molar-refractivity contribution in [3.8, 4) is 11.3 Å². The molecule has 100 valence electrons. The minimum absolute atomic E-state index is 0.533. The van der Waals surface area contributed by atoms with Gasteiger partial charge in [0.25, 0.3) is 0 Å². The topological polar surface area (TPSA) is 24.9 Å². The van der Waals surface area contributed by atoms with Crippen LogP contribution in [0, 0.1) is 0 Å². The van der Waals surface area contributed by atoms with Crippen molar-refractivity contribution in [2.24, 2.45) is 0 Å². The maximum atomic E-state index is 6.24. The lowest BCUT2D eigenvalue weighted by Gasteiger charge is -2.20. The molecule has 0 radical (unpaired) electrons. The van der Waals surface area contributed by atoms with E-state index < -0.39 is 0 Å². The van der Waals surface area contributed by atoms with Crippen molar-refractivity contribution in [3.63, 3.8) is 0 Å². The quantitative estimate of drug-likeness (QED) is 0.877. The molecule has 1 atom stereocenters. The summed E-state index contributed by atoms with van der Waals surface area (Å²) in [7, 11) is 0. The number of piperidine rings is 1. The van der Waals surface area contributed by atoms with Crippen molar-refractivity contribution in [1.29, 1.82) is 0 Å². The molecule has 0 bridgehead atoms. The van der Waals surface area contributed by atoms with Crippen LogP contribution in [-0.2, 0) is 0 Å². The van der Waals surface area contributed by atoms with Crippen LogP contribution in [0.25, 0.3) is 11.3 Å². The van der Waals surface area contributed by atoms with Gasteiger partial charge in [0, 0.05) is 23.4 Å². The van der Waals surface area contributed by atoms with Gasteiger partial charge in [-0.1, -0.05) is 35.3 Å². The highest BCUT2D eigenvalue weighted by Gasteiger charge is 2.19. The summed E-state index contributed by atoms with van der Waals surface area (Å²) in [6.45, 7) is 2.14. The van der Waals surface area contributed by atoms with Crippen molar-refractivity contribution >= 4 is 34.5 Å². The minimum atomic E-state index is 0.533. The molecule has 19 heavy (non-hydrogen) atoms. The van der Waals surface area contributed by atoms with Crippen molar-refractivity contribution in [3.05, 3.63) is 38.6 Å². The number of nitrogens with zero attached hydrogens (tertiary/aromatic N) is 1. The van der Waals surface area contributed by atoms with Crippen LogP contribution in [0.4, 0.5) is 0 Å². The first-order valence-electron chi connectivity index (χ1n) is 6.36. The van der Waals surface area contributed by atoms with E-state index in [1.165, 1.54) is 17.8 Å². The molecule has 2 heterocycles. The Kier molecular flexibility index (Phi) is 4.08. The zero-order valence-electron chi connectivity index (χ0n) is 10.3. The van der Waals surface area contributed by atoms with Gasteiger partial charge in [0.1, 0.15) is 0 Å². The highest BCUT2D eigenvalue weighted by atomic mass is 35.5. The second kappa shape index (κ2) is 5.80. The molecule has 0 amide bonds. The van der Waals surface area contributed by atoms with Crippen LogP contribution in [0.3, 0.4) is 0 Å². The van der Waals surface area contributed by atoms with Gasteiger partial charge in [-0.3, -0.25) is 0 Å². The van der Waals surface area contributed by atoms with E-state index >= 15 is 0 Å². The average molecular weight is 313 g/mol. The average Bonchev–Trinajstić information content (AvgIpc) is 2.92. The lowest BCUT2D eigenvalue weighted by molar-refractivity contribution is 0.460. The van der Waals surface area contributed by atoms with Gasteiger partial charge in [-0.25, -0.2) is 4.98 Å². The van der Waals surface area contributed by atoms with Crippen molar-refractivity contribution in [2.45, 2.75) is 18.8 Å². The van der Waals surface area contributed by atoms with Crippen LogP contribution >= 0.6 is 34.5 Å². The van der Waals surface area contributed by atoms with Crippen molar-refractivity contribution < 1.29 is 0 Å². The largest absolute Gasteiger partial charge is 0.316 e.